The first kappa shape index (κ1) is 16.5. The van der Waals surface area contributed by atoms with Crippen LogP contribution in [0.25, 0.3) is 0 Å². The molecule has 2 unspecified atom stereocenters. The van der Waals surface area contributed by atoms with Gasteiger partial charge >= 0.3 is 0 Å². The summed E-state index contributed by atoms with van der Waals surface area (Å²) < 4.78 is 0. The van der Waals surface area contributed by atoms with Crippen LogP contribution in [0.4, 0.5) is 0 Å². The molecule has 1 aliphatic rings. The van der Waals surface area contributed by atoms with Crippen LogP contribution in [-0.2, 0) is 11.8 Å². The predicted octanol–water partition coefficient (Wildman–Crippen LogP) is 5.10. The molecule has 0 radical (unpaired) electrons. The summed E-state index contributed by atoms with van der Waals surface area (Å²) >= 11 is 0. The van der Waals surface area contributed by atoms with E-state index in [4.69, 9.17) is 0 Å². The summed E-state index contributed by atoms with van der Waals surface area (Å²) in [5.41, 5.74) is 2.52. The van der Waals surface area contributed by atoms with Gasteiger partial charge in [-0.05, 0) is 47.1 Å². The monoisotopic (exact) mass is 288 g/mol. The zero-order valence-corrected chi connectivity index (χ0v) is 14.7. The minimum absolute atomic E-state index is 0.191. The summed E-state index contributed by atoms with van der Waals surface area (Å²) in [6, 6.07) is 8.84. The largest absolute Gasteiger partial charge is 0.390 e. The van der Waals surface area contributed by atoms with E-state index in [0.717, 1.165) is 19.3 Å². The van der Waals surface area contributed by atoms with E-state index in [0.29, 0.717) is 5.92 Å². The van der Waals surface area contributed by atoms with Crippen LogP contribution in [0, 0.1) is 11.3 Å². The van der Waals surface area contributed by atoms with Gasteiger partial charge in [0.1, 0.15) is 0 Å². The average molecular weight is 288 g/mol. The molecule has 0 saturated heterocycles. The summed E-state index contributed by atoms with van der Waals surface area (Å²) in [7, 11) is 0. The first-order valence-electron chi connectivity index (χ1n) is 8.31. The molecule has 1 aromatic rings. The van der Waals surface area contributed by atoms with Gasteiger partial charge in [-0.25, -0.2) is 0 Å². The topological polar surface area (TPSA) is 20.2 Å². The predicted molar refractivity (Wildman–Crippen MR) is 90.6 cm³/mol. The van der Waals surface area contributed by atoms with Crippen molar-refractivity contribution in [3.8, 4) is 0 Å². The highest BCUT2D eigenvalue weighted by Gasteiger charge is 2.41. The second-order valence-corrected chi connectivity index (χ2v) is 9.20. The Morgan fingerprint density at radius 2 is 1.67 bits per heavy atom. The molecule has 1 aliphatic carbocycles. The van der Waals surface area contributed by atoms with E-state index in [2.05, 4.69) is 65.8 Å². The molecule has 21 heavy (non-hydrogen) atoms. The second-order valence-electron chi connectivity index (χ2n) is 9.20. The van der Waals surface area contributed by atoms with Crippen molar-refractivity contribution in [1.82, 2.24) is 0 Å². The molecule has 2 atom stereocenters. The van der Waals surface area contributed by atoms with Crippen LogP contribution in [0.15, 0.2) is 24.3 Å². The fourth-order valence-corrected chi connectivity index (χ4v) is 4.34. The lowest BCUT2D eigenvalue weighted by molar-refractivity contribution is -0.0574. The van der Waals surface area contributed by atoms with Crippen molar-refractivity contribution in [2.24, 2.45) is 11.3 Å². The first-order chi connectivity index (χ1) is 9.49. The molecule has 1 saturated carbocycles. The van der Waals surface area contributed by atoms with Gasteiger partial charge in [-0.1, -0.05) is 65.8 Å². The molecule has 118 valence electrons. The van der Waals surface area contributed by atoms with Crippen molar-refractivity contribution >= 4 is 0 Å². The molecule has 0 bridgehead atoms. The average Bonchev–Trinajstić information content (AvgIpc) is 2.23. The molecule has 0 aromatic heterocycles. The van der Waals surface area contributed by atoms with Gasteiger partial charge in [-0.2, -0.15) is 0 Å². The maximum Gasteiger partial charge on any atom is 0.0695 e. The van der Waals surface area contributed by atoms with Gasteiger partial charge < -0.3 is 5.11 Å². The van der Waals surface area contributed by atoms with E-state index in [1.165, 1.54) is 17.5 Å². The summed E-state index contributed by atoms with van der Waals surface area (Å²) in [4.78, 5) is 0. The van der Waals surface area contributed by atoms with Crippen molar-refractivity contribution in [2.75, 3.05) is 0 Å². The third-order valence-electron chi connectivity index (χ3n) is 4.79. The molecule has 1 nitrogen and oxygen atoms in total. The van der Waals surface area contributed by atoms with Crippen LogP contribution in [-0.4, -0.2) is 10.7 Å². The fraction of sp³-hybridized carbons (Fsp3) is 0.700. The Morgan fingerprint density at radius 3 is 2.14 bits per heavy atom. The number of aliphatic hydroxyl groups is 1. The molecule has 0 spiro atoms. The Kier molecular flexibility index (Phi) is 4.28. The second kappa shape index (κ2) is 5.43. The maximum absolute atomic E-state index is 11.1. The first-order valence-corrected chi connectivity index (χ1v) is 8.31. The van der Waals surface area contributed by atoms with E-state index in [9.17, 15) is 5.11 Å². The molecular weight excluding hydrogens is 256 g/mol. The van der Waals surface area contributed by atoms with E-state index >= 15 is 0 Å². The third kappa shape index (κ3) is 4.32. The molecule has 2 rings (SSSR count). The maximum atomic E-state index is 11.1. The van der Waals surface area contributed by atoms with Gasteiger partial charge in [0.05, 0.1) is 5.60 Å². The lowest BCUT2D eigenvalue weighted by atomic mass is 9.64. The molecule has 1 heteroatoms. The Balaban J connectivity index is 2.13. The Morgan fingerprint density at radius 1 is 1.10 bits per heavy atom. The highest BCUT2D eigenvalue weighted by Crippen LogP contribution is 2.45. The van der Waals surface area contributed by atoms with Gasteiger partial charge in [0.2, 0.25) is 0 Å². The van der Waals surface area contributed by atoms with E-state index in [1.54, 1.807) is 0 Å². The van der Waals surface area contributed by atoms with Crippen LogP contribution in [0.3, 0.4) is 0 Å². The fourth-order valence-electron chi connectivity index (χ4n) is 4.34. The lowest BCUT2D eigenvalue weighted by Gasteiger charge is -2.45. The highest BCUT2D eigenvalue weighted by molar-refractivity contribution is 5.28. The number of hydrogen-bond acceptors (Lipinski definition) is 1. The van der Waals surface area contributed by atoms with Gasteiger partial charge in [-0.3, -0.25) is 0 Å². The van der Waals surface area contributed by atoms with Gasteiger partial charge in [0.15, 0.2) is 0 Å². The third-order valence-corrected chi connectivity index (χ3v) is 4.79. The van der Waals surface area contributed by atoms with Gasteiger partial charge in [0, 0.05) is 6.42 Å². The van der Waals surface area contributed by atoms with Crippen LogP contribution in [0.5, 0.6) is 0 Å². The summed E-state index contributed by atoms with van der Waals surface area (Å²) in [5, 5.41) is 11.1. The van der Waals surface area contributed by atoms with Crippen molar-refractivity contribution < 1.29 is 5.11 Å². The van der Waals surface area contributed by atoms with Crippen molar-refractivity contribution in [3.63, 3.8) is 0 Å². The van der Waals surface area contributed by atoms with Crippen molar-refractivity contribution in [1.29, 1.82) is 0 Å². The SMILES string of the molecule is CC1CC(C)(C)CC(O)(Cc2ccc(C(C)(C)C)cc2)C1. The van der Waals surface area contributed by atoms with Gasteiger partial charge in [-0.15, -0.1) is 0 Å². The zero-order chi connectivity index (χ0) is 15.9. The number of rotatable bonds is 2. The molecular formula is C20H32O. The van der Waals surface area contributed by atoms with E-state index in [-0.39, 0.29) is 10.8 Å². The molecule has 0 amide bonds. The molecule has 0 heterocycles. The lowest BCUT2D eigenvalue weighted by Crippen LogP contribution is -2.43. The van der Waals surface area contributed by atoms with Gasteiger partial charge in [0.25, 0.3) is 0 Å². The summed E-state index contributed by atoms with van der Waals surface area (Å²) in [5.74, 6) is 0.604. The molecule has 1 fully saturated rings. The minimum Gasteiger partial charge on any atom is -0.390 e. The van der Waals surface area contributed by atoms with Crippen molar-refractivity contribution in [2.45, 2.75) is 78.2 Å². The van der Waals surface area contributed by atoms with Crippen LogP contribution in [0.2, 0.25) is 0 Å². The van der Waals surface area contributed by atoms with Crippen LogP contribution in [0.1, 0.15) is 71.9 Å². The zero-order valence-electron chi connectivity index (χ0n) is 14.7. The quantitative estimate of drug-likeness (QED) is 0.802. The number of benzene rings is 1. The smallest absolute Gasteiger partial charge is 0.0695 e. The van der Waals surface area contributed by atoms with E-state index < -0.39 is 5.60 Å². The summed E-state index contributed by atoms with van der Waals surface area (Å²) in [6.45, 7) is 13.6. The summed E-state index contributed by atoms with van der Waals surface area (Å²) in [6.07, 6.45) is 3.84. The van der Waals surface area contributed by atoms with Crippen LogP contribution >= 0.6 is 0 Å². The van der Waals surface area contributed by atoms with E-state index in [1.807, 2.05) is 0 Å². The molecule has 0 aliphatic heterocycles. The normalized spacial score (nSPS) is 29.4. The molecule has 1 N–H and O–H groups in total. The highest BCUT2D eigenvalue weighted by atomic mass is 16.3. The molecule has 1 aromatic carbocycles. The Bertz CT molecular complexity index is 478. The standard InChI is InChI=1S/C20H32O/c1-15-11-19(5,6)14-20(21,12-15)13-16-7-9-17(10-8-16)18(2,3)4/h7-10,15,21H,11-14H2,1-6H3. The van der Waals surface area contributed by atoms with Crippen molar-refractivity contribution in [3.05, 3.63) is 35.4 Å². The van der Waals surface area contributed by atoms with Crippen LogP contribution < -0.4 is 0 Å². The Labute approximate surface area is 130 Å². The minimum atomic E-state index is -0.537. The number of hydrogen-bond donors (Lipinski definition) is 1. The Hall–Kier alpha value is -0.820.